The van der Waals surface area contributed by atoms with Gasteiger partial charge >= 0.3 is 0 Å². The van der Waals surface area contributed by atoms with Crippen LogP contribution in [0.3, 0.4) is 0 Å². The first kappa shape index (κ1) is 21.4. The lowest BCUT2D eigenvalue weighted by Gasteiger charge is -2.31. The Morgan fingerprint density at radius 1 is 1.21 bits per heavy atom. The summed E-state index contributed by atoms with van der Waals surface area (Å²) in [7, 11) is 0. The maximum Gasteiger partial charge on any atom is 0.255 e. The molecule has 2 aromatic heterocycles. The van der Waals surface area contributed by atoms with Crippen molar-refractivity contribution in [2.45, 2.75) is 44.9 Å². The Morgan fingerprint density at radius 3 is 2.85 bits per heavy atom. The Balaban J connectivity index is 1.16. The minimum Gasteiger partial charge on any atom is -0.339 e. The summed E-state index contributed by atoms with van der Waals surface area (Å²) in [6, 6.07) is 4.72. The fourth-order valence-corrected chi connectivity index (χ4v) is 6.27. The molecule has 0 unspecified atom stereocenters. The molecule has 1 aromatic carbocycles. The number of H-pyrrole nitrogens is 1. The van der Waals surface area contributed by atoms with Crippen molar-refractivity contribution in [2.75, 3.05) is 24.6 Å². The summed E-state index contributed by atoms with van der Waals surface area (Å²) in [5, 5.41) is 2.74. The van der Waals surface area contributed by atoms with Crippen LogP contribution >= 0.6 is 11.3 Å². The molecule has 10 heteroatoms. The Morgan fingerprint density at radius 2 is 2.03 bits per heavy atom. The summed E-state index contributed by atoms with van der Waals surface area (Å²) in [5.74, 6) is 0.461. The number of amides is 1. The van der Waals surface area contributed by atoms with Gasteiger partial charge in [0.2, 0.25) is 5.95 Å². The van der Waals surface area contributed by atoms with E-state index in [0.29, 0.717) is 36.7 Å². The maximum absolute atomic E-state index is 13.5. The number of piperidine rings is 1. The van der Waals surface area contributed by atoms with E-state index in [4.69, 9.17) is 0 Å². The van der Waals surface area contributed by atoms with Crippen molar-refractivity contribution in [1.82, 2.24) is 25.3 Å². The third-order valence-corrected chi connectivity index (χ3v) is 8.28. The van der Waals surface area contributed by atoms with Crippen LogP contribution in [0, 0.1) is 5.82 Å². The minimum absolute atomic E-state index is 0.0147. The van der Waals surface area contributed by atoms with Gasteiger partial charge in [-0.2, -0.15) is 0 Å². The van der Waals surface area contributed by atoms with Crippen molar-refractivity contribution in [3.05, 3.63) is 61.9 Å². The number of benzene rings is 1. The number of nitrogens with zero attached hydrogens (tertiary/aromatic N) is 4. The number of rotatable bonds is 3. The van der Waals surface area contributed by atoms with Gasteiger partial charge in [-0.25, -0.2) is 24.8 Å². The molecule has 8 nitrogen and oxygen atoms in total. The van der Waals surface area contributed by atoms with Gasteiger partial charge in [-0.15, -0.1) is 11.3 Å². The summed E-state index contributed by atoms with van der Waals surface area (Å²) < 4.78 is 14.5. The number of hydrogen-bond donors (Lipinski definition) is 2. The molecule has 1 aliphatic carbocycles. The average molecular weight is 481 g/mol. The van der Waals surface area contributed by atoms with E-state index in [1.54, 1.807) is 22.4 Å². The predicted molar refractivity (Wildman–Crippen MR) is 128 cm³/mol. The second kappa shape index (κ2) is 8.28. The molecule has 0 bridgehead atoms. The lowest BCUT2D eigenvalue weighted by atomic mass is 9.97. The van der Waals surface area contributed by atoms with Gasteiger partial charge in [0.25, 0.3) is 11.5 Å². The zero-order valence-electron chi connectivity index (χ0n) is 18.9. The number of carbonyl (C=O) groups is 1. The van der Waals surface area contributed by atoms with Crippen LogP contribution in [0.4, 0.5) is 10.3 Å². The van der Waals surface area contributed by atoms with E-state index in [2.05, 4.69) is 20.4 Å². The molecule has 3 aliphatic rings. The monoisotopic (exact) mass is 480 g/mol. The van der Waals surface area contributed by atoms with Crippen LogP contribution in [0.2, 0.25) is 0 Å². The van der Waals surface area contributed by atoms with Gasteiger partial charge < -0.3 is 4.90 Å². The van der Waals surface area contributed by atoms with Crippen molar-refractivity contribution in [3.63, 3.8) is 0 Å². The SMILES string of the molecule is CC1=C(C(=O)N2CCC(c3nc4cc(F)ccc4s3)CC2)CNN1c1nc2c(c(=O)[nH]1)CCC2. The molecule has 0 radical (unpaired) electrons. The van der Waals surface area contributed by atoms with Gasteiger partial charge in [0.05, 0.1) is 26.5 Å². The molecule has 0 atom stereocenters. The van der Waals surface area contributed by atoms with Crippen LogP contribution in [0.15, 0.2) is 34.3 Å². The topological polar surface area (TPSA) is 94.2 Å². The summed E-state index contributed by atoms with van der Waals surface area (Å²) in [6.45, 7) is 3.58. The van der Waals surface area contributed by atoms with E-state index in [-0.39, 0.29) is 23.2 Å². The van der Waals surface area contributed by atoms with Gasteiger partial charge in [0, 0.05) is 42.9 Å². The van der Waals surface area contributed by atoms with Crippen LogP contribution in [-0.2, 0) is 17.6 Å². The molecule has 0 saturated carbocycles. The van der Waals surface area contributed by atoms with E-state index in [0.717, 1.165) is 58.8 Å². The maximum atomic E-state index is 13.5. The van der Waals surface area contributed by atoms with E-state index in [1.807, 2.05) is 11.8 Å². The van der Waals surface area contributed by atoms with Crippen molar-refractivity contribution < 1.29 is 9.18 Å². The molecule has 2 N–H and O–H groups in total. The number of anilines is 1. The number of aryl methyl sites for hydroxylation is 1. The molecule has 6 rings (SSSR count). The second-order valence-electron chi connectivity index (χ2n) is 9.13. The first-order valence-electron chi connectivity index (χ1n) is 11.7. The lowest BCUT2D eigenvalue weighted by Crippen LogP contribution is -2.39. The van der Waals surface area contributed by atoms with Gasteiger partial charge in [0.1, 0.15) is 5.82 Å². The van der Waals surface area contributed by atoms with Gasteiger partial charge in [0.15, 0.2) is 0 Å². The molecule has 2 aliphatic heterocycles. The number of hydrazine groups is 1. The number of fused-ring (bicyclic) bond motifs is 2. The zero-order valence-corrected chi connectivity index (χ0v) is 19.7. The number of thiazole rings is 1. The lowest BCUT2D eigenvalue weighted by molar-refractivity contribution is -0.128. The quantitative estimate of drug-likeness (QED) is 0.599. The number of carbonyl (C=O) groups excluding carboxylic acids is 1. The van der Waals surface area contributed by atoms with Gasteiger partial charge in [-0.3, -0.25) is 14.6 Å². The number of aromatic amines is 1. The molecule has 3 aromatic rings. The van der Waals surface area contributed by atoms with E-state index < -0.39 is 0 Å². The fourth-order valence-electron chi connectivity index (χ4n) is 5.15. The number of likely N-dealkylation sites (tertiary alicyclic amines) is 1. The highest BCUT2D eigenvalue weighted by Gasteiger charge is 2.33. The second-order valence-corrected chi connectivity index (χ2v) is 10.2. The highest BCUT2D eigenvalue weighted by molar-refractivity contribution is 7.18. The molecule has 1 fully saturated rings. The number of aromatic nitrogens is 3. The summed E-state index contributed by atoms with van der Waals surface area (Å²) in [5.41, 5.74) is 6.91. The highest BCUT2D eigenvalue weighted by atomic mass is 32.1. The normalized spacial score (nSPS) is 18.9. The van der Waals surface area contributed by atoms with E-state index in [9.17, 15) is 14.0 Å². The number of allylic oxidation sites excluding steroid dienone is 1. The molecular formula is C24H25FN6O2S. The molecular weight excluding hydrogens is 455 g/mol. The highest BCUT2D eigenvalue weighted by Crippen LogP contribution is 2.35. The number of hydrogen-bond acceptors (Lipinski definition) is 7. The molecule has 4 heterocycles. The van der Waals surface area contributed by atoms with Crippen LogP contribution in [0.5, 0.6) is 0 Å². The molecule has 1 amide bonds. The largest absolute Gasteiger partial charge is 0.339 e. The van der Waals surface area contributed by atoms with Crippen molar-refractivity contribution in [3.8, 4) is 0 Å². The Hall–Kier alpha value is -3.11. The van der Waals surface area contributed by atoms with Gasteiger partial charge in [-0.1, -0.05) is 0 Å². The smallest absolute Gasteiger partial charge is 0.255 e. The molecule has 34 heavy (non-hydrogen) atoms. The van der Waals surface area contributed by atoms with Crippen LogP contribution in [0.1, 0.15) is 48.4 Å². The molecule has 1 saturated heterocycles. The van der Waals surface area contributed by atoms with Crippen LogP contribution in [0.25, 0.3) is 10.2 Å². The third kappa shape index (κ3) is 3.61. The van der Waals surface area contributed by atoms with Crippen LogP contribution < -0.4 is 16.0 Å². The summed E-state index contributed by atoms with van der Waals surface area (Å²) in [6.07, 6.45) is 4.19. The van der Waals surface area contributed by atoms with Crippen molar-refractivity contribution in [2.24, 2.45) is 0 Å². The fraction of sp³-hybridized carbons (Fsp3) is 0.417. The number of nitrogens with one attached hydrogen (secondary N) is 2. The third-order valence-electron chi connectivity index (χ3n) is 7.08. The van der Waals surface area contributed by atoms with E-state index in [1.165, 1.54) is 12.1 Å². The molecule has 0 spiro atoms. The van der Waals surface area contributed by atoms with Crippen LogP contribution in [-0.4, -0.2) is 45.4 Å². The first-order valence-corrected chi connectivity index (χ1v) is 12.5. The predicted octanol–water partition coefficient (Wildman–Crippen LogP) is 3.01. The Labute approximate surface area is 199 Å². The Kier molecular flexibility index (Phi) is 5.22. The van der Waals surface area contributed by atoms with Crippen molar-refractivity contribution >= 4 is 33.4 Å². The minimum atomic E-state index is -0.271. The standard InChI is InChI=1S/C24H25FN6O2S/c1-13-17(12-26-31(13)24-28-18-4-2-3-16(18)21(32)29-24)23(33)30-9-7-14(8-10-30)22-27-19-11-15(25)5-6-20(19)34-22/h5-6,11,14,26H,2-4,7-10,12H2,1H3,(H,28,29,32). The van der Waals surface area contributed by atoms with E-state index >= 15 is 0 Å². The number of halogens is 1. The molecule has 176 valence electrons. The summed E-state index contributed by atoms with van der Waals surface area (Å²) >= 11 is 1.61. The van der Waals surface area contributed by atoms with Gasteiger partial charge in [-0.05, 0) is 51.2 Å². The first-order chi connectivity index (χ1) is 16.5. The zero-order chi connectivity index (χ0) is 23.4. The van der Waals surface area contributed by atoms with Crippen molar-refractivity contribution in [1.29, 1.82) is 0 Å². The Bertz CT molecular complexity index is 1390. The average Bonchev–Trinajstić information content (AvgIpc) is 3.56. The summed E-state index contributed by atoms with van der Waals surface area (Å²) in [4.78, 5) is 39.8.